The van der Waals surface area contributed by atoms with Crippen LogP contribution in [0.3, 0.4) is 0 Å². The Balaban J connectivity index is 1.78. The molecule has 2 aromatic rings. The number of anilines is 2. The first-order valence-corrected chi connectivity index (χ1v) is 8.41. The molecule has 0 radical (unpaired) electrons. The summed E-state index contributed by atoms with van der Waals surface area (Å²) in [5.41, 5.74) is 4.51. The van der Waals surface area contributed by atoms with Gasteiger partial charge in [0, 0.05) is 0 Å². The maximum Gasteiger partial charge on any atom is 0.422 e. The molecule has 0 bridgehead atoms. The van der Waals surface area contributed by atoms with Crippen molar-refractivity contribution < 1.29 is 41.0 Å². The smallest absolute Gasteiger partial charge is 0.422 e. The summed E-state index contributed by atoms with van der Waals surface area (Å²) in [5, 5.41) is 11.0. The number of rotatable bonds is 4. The molecular weight excluding hydrogens is 406 g/mol. The summed E-state index contributed by atoms with van der Waals surface area (Å²) in [4.78, 5) is 0. The predicted octanol–water partition coefficient (Wildman–Crippen LogP) is 4.89. The SMILES string of the molecule is ON1Nc2ccc(OCC(F)(F)F)cc2CCc2cc(OCC(F)(F)F)ccc21. The van der Waals surface area contributed by atoms with Gasteiger partial charge in [-0.25, -0.2) is 0 Å². The molecular formula is C18H16F6N2O3. The Morgan fingerprint density at radius 3 is 1.93 bits per heavy atom. The number of halogens is 6. The van der Waals surface area contributed by atoms with Crippen LogP contribution in [0.4, 0.5) is 37.7 Å². The molecule has 1 aliphatic heterocycles. The van der Waals surface area contributed by atoms with Gasteiger partial charge in [0.2, 0.25) is 0 Å². The lowest BCUT2D eigenvalue weighted by Crippen LogP contribution is -2.29. The van der Waals surface area contributed by atoms with E-state index in [9.17, 15) is 31.5 Å². The van der Waals surface area contributed by atoms with E-state index in [1.165, 1.54) is 36.4 Å². The van der Waals surface area contributed by atoms with Gasteiger partial charge in [-0.15, -0.1) is 0 Å². The van der Waals surface area contributed by atoms with Crippen LogP contribution in [-0.2, 0) is 12.8 Å². The van der Waals surface area contributed by atoms with Crippen LogP contribution in [0.5, 0.6) is 11.5 Å². The van der Waals surface area contributed by atoms with Crippen molar-refractivity contribution in [2.24, 2.45) is 0 Å². The van der Waals surface area contributed by atoms with Gasteiger partial charge in [0.15, 0.2) is 13.2 Å². The lowest BCUT2D eigenvalue weighted by atomic mass is 10.00. The zero-order valence-electron chi connectivity index (χ0n) is 14.8. The largest absolute Gasteiger partial charge is 0.484 e. The van der Waals surface area contributed by atoms with Crippen LogP contribution in [0.1, 0.15) is 11.1 Å². The summed E-state index contributed by atoms with van der Waals surface area (Å²) in [6.45, 7) is -2.89. The molecule has 29 heavy (non-hydrogen) atoms. The molecule has 5 nitrogen and oxygen atoms in total. The molecule has 1 heterocycles. The summed E-state index contributed by atoms with van der Waals surface area (Å²) in [6.07, 6.45) is -8.32. The molecule has 2 aromatic carbocycles. The highest BCUT2D eigenvalue weighted by atomic mass is 19.4. The van der Waals surface area contributed by atoms with Crippen molar-refractivity contribution in [3.05, 3.63) is 47.5 Å². The number of fused-ring (bicyclic) bond motifs is 2. The zero-order chi connectivity index (χ0) is 21.2. The van der Waals surface area contributed by atoms with Crippen LogP contribution in [-0.4, -0.2) is 30.8 Å². The number of benzene rings is 2. The Bertz CT molecular complexity index is 870. The average Bonchev–Trinajstić information content (AvgIpc) is 2.61. The highest BCUT2D eigenvalue weighted by Crippen LogP contribution is 2.33. The Morgan fingerprint density at radius 1 is 0.828 bits per heavy atom. The Labute approximate surface area is 161 Å². The predicted molar refractivity (Wildman–Crippen MR) is 91.3 cm³/mol. The van der Waals surface area contributed by atoms with Crippen molar-refractivity contribution in [3.63, 3.8) is 0 Å². The number of hydrogen-bond donors (Lipinski definition) is 2. The van der Waals surface area contributed by atoms with Crippen LogP contribution in [0.15, 0.2) is 36.4 Å². The molecule has 0 aromatic heterocycles. The fourth-order valence-electron chi connectivity index (χ4n) is 2.81. The molecule has 3 rings (SSSR count). The van der Waals surface area contributed by atoms with Crippen LogP contribution < -0.4 is 20.1 Å². The number of ether oxygens (including phenoxy) is 2. The van der Waals surface area contributed by atoms with Crippen molar-refractivity contribution in [3.8, 4) is 11.5 Å². The second-order valence-electron chi connectivity index (χ2n) is 6.34. The molecule has 1 aliphatic rings. The van der Waals surface area contributed by atoms with Gasteiger partial charge in [0.25, 0.3) is 0 Å². The number of alkyl halides is 6. The molecule has 11 heteroatoms. The molecule has 0 fully saturated rings. The quantitative estimate of drug-likeness (QED) is 0.688. The first-order valence-electron chi connectivity index (χ1n) is 8.41. The monoisotopic (exact) mass is 422 g/mol. The first-order chi connectivity index (χ1) is 13.5. The number of nitrogens with one attached hydrogen (secondary N) is 1. The zero-order valence-corrected chi connectivity index (χ0v) is 14.8. The number of nitrogens with zero attached hydrogens (tertiary/aromatic N) is 1. The van der Waals surface area contributed by atoms with E-state index in [1.54, 1.807) is 0 Å². The van der Waals surface area contributed by atoms with E-state index in [0.29, 0.717) is 40.5 Å². The third-order valence-corrected chi connectivity index (χ3v) is 4.05. The van der Waals surface area contributed by atoms with Gasteiger partial charge in [-0.2, -0.15) is 31.5 Å². The van der Waals surface area contributed by atoms with Gasteiger partial charge < -0.3 is 9.47 Å². The van der Waals surface area contributed by atoms with Crippen molar-refractivity contribution in [1.29, 1.82) is 0 Å². The topological polar surface area (TPSA) is 54.0 Å². The van der Waals surface area contributed by atoms with E-state index in [-0.39, 0.29) is 11.5 Å². The minimum absolute atomic E-state index is 0.00965. The molecule has 0 unspecified atom stereocenters. The molecule has 0 saturated carbocycles. The second kappa shape index (κ2) is 7.90. The van der Waals surface area contributed by atoms with Gasteiger partial charge in [0.05, 0.1) is 11.4 Å². The van der Waals surface area contributed by atoms with Gasteiger partial charge in [-0.1, -0.05) is 0 Å². The second-order valence-corrected chi connectivity index (χ2v) is 6.34. The highest BCUT2D eigenvalue weighted by Gasteiger charge is 2.29. The van der Waals surface area contributed by atoms with E-state index in [4.69, 9.17) is 9.47 Å². The standard InChI is InChI=1S/C18H16F6N2O3/c19-17(20,21)9-28-13-3-5-15-11(7-13)1-2-12-8-14(29-10-18(22,23)24)4-6-16(12)26(27)25-15/h3-8,25,27H,1-2,9-10H2. The van der Waals surface area contributed by atoms with Crippen LogP contribution in [0, 0.1) is 0 Å². The van der Waals surface area contributed by atoms with Gasteiger partial charge >= 0.3 is 12.4 Å². The average molecular weight is 422 g/mol. The van der Waals surface area contributed by atoms with Crippen LogP contribution in [0.2, 0.25) is 0 Å². The molecule has 0 aliphatic carbocycles. The number of aryl methyl sites for hydroxylation is 2. The number of hydrogen-bond acceptors (Lipinski definition) is 5. The summed E-state index contributed by atoms with van der Waals surface area (Å²) in [5.74, 6) is -0.00652. The third-order valence-electron chi connectivity index (χ3n) is 4.05. The minimum Gasteiger partial charge on any atom is -0.484 e. The fraction of sp³-hybridized carbons (Fsp3) is 0.333. The van der Waals surface area contributed by atoms with Crippen molar-refractivity contribution in [2.45, 2.75) is 25.2 Å². The molecule has 0 spiro atoms. The van der Waals surface area contributed by atoms with Crippen molar-refractivity contribution >= 4 is 11.4 Å². The molecule has 0 atom stereocenters. The summed E-state index contributed by atoms with van der Waals surface area (Å²) in [6, 6.07) is 8.29. The highest BCUT2D eigenvalue weighted by molar-refractivity contribution is 5.64. The molecule has 2 N–H and O–H groups in total. The Kier molecular flexibility index (Phi) is 5.69. The van der Waals surface area contributed by atoms with E-state index in [2.05, 4.69) is 5.43 Å². The number of hydrazine groups is 1. The van der Waals surface area contributed by atoms with E-state index < -0.39 is 25.6 Å². The maximum atomic E-state index is 12.3. The van der Waals surface area contributed by atoms with E-state index in [1.807, 2.05) is 0 Å². The van der Waals surface area contributed by atoms with Gasteiger partial charge in [-0.3, -0.25) is 10.6 Å². The van der Waals surface area contributed by atoms with Crippen molar-refractivity contribution in [1.82, 2.24) is 0 Å². The summed E-state index contributed by atoms with van der Waals surface area (Å²) < 4.78 is 83.5. The normalized spacial score (nSPS) is 14.2. The summed E-state index contributed by atoms with van der Waals surface area (Å²) in [7, 11) is 0. The third kappa shape index (κ3) is 5.83. The fourth-order valence-corrected chi connectivity index (χ4v) is 2.81. The van der Waals surface area contributed by atoms with Crippen LogP contribution in [0.25, 0.3) is 0 Å². The van der Waals surface area contributed by atoms with Crippen molar-refractivity contribution in [2.75, 3.05) is 23.8 Å². The lowest BCUT2D eigenvalue weighted by molar-refractivity contribution is -0.154. The summed E-state index contributed by atoms with van der Waals surface area (Å²) >= 11 is 0. The van der Waals surface area contributed by atoms with Gasteiger partial charge in [-0.05, 0) is 60.4 Å². The molecule has 158 valence electrons. The molecule has 0 saturated heterocycles. The molecule has 0 amide bonds. The Hall–Kier alpha value is -2.82. The van der Waals surface area contributed by atoms with Crippen LogP contribution >= 0.6 is 0 Å². The van der Waals surface area contributed by atoms with E-state index in [0.717, 1.165) is 0 Å². The first kappa shape index (κ1) is 20.9. The maximum absolute atomic E-state index is 12.3. The van der Waals surface area contributed by atoms with E-state index >= 15 is 0 Å². The lowest BCUT2D eigenvalue weighted by Gasteiger charge is -2.26. The Morgan fingerprint density at radius 2 is 1.34 bits per heavy atom. The van der Waals surface area contributed by atoms with Gasteiger partial charge in [0.1, 0.15) is 11.5 Å². The minimum atomic E-state index is -4.49.